The van der Waals surface area contributed by atoms with Crippen LogP contribution in [0.5, 0.6) is 0 Å². The van der Waals surface area contributed by atoms with E-state index in [1.54, 1.807) is 6.07 Å². The summed E-state index contributed by atoms with van der Waals surface area (Å²) in [5, 5.41) is 20.0. The van der Waals surface area contributed by atoms with E-state index in [0.717, 1.165) is 31.6 Å². The second-order valence-electron chi connectivity index (χ2n) is 5.79. The summed E-state index contributed by atoms with van der Waals surface area (Å²) < 4.78 is 0. The summed E-state index contributed by atoms with van der Waals surface area (Å²) in [5.74, 6) is -0.541. The van der Waals surface area contributed by atoms with Crippen LogP contribution in [-0.2, 0) is 0 Å². The second-order valence-corrected chi connectivity index (χ2v) is 5.79. The molecule has 0 unspecified atom stereocenters. The smallest absolute Gasteiger partial charge is 0.342 e. The minimum absolute atomic E-state index is 0.269. The quantitative estimate of drug-likeness (QED) is 0.680. The lowest BCUT2D eigenvalue weighted by atomic mass is 9.86. The average Bonchev–Trinajstić information content (AvgIpc) is 2.46. The van der Waals surface area contributed by atoms with Gasteiger partial charge in [-0.2, -0.15) is 0 Å². The molecular formula is C15H20N2O4. The van der Waals surface area contributed by atoms with Gasteiger partial charge in [0.25, 0.3) is 5.69 Å². The number of carbonyl (C=O) groups is 1. The van der Waals surface area contributed by atoms with Gasteiger partial charge in [0.2, 0.25) is 0 Å². The van der Waals surface area contributed by atoms with Crippen molar-refractivity contribution in [2.45, 2.75) is 38.6 Å². The number of aromatic carboxylic acids is 1. The molecule has 0 saturated heterocycles. The van der Waals surface area contributed by atoms with E-state index >= 15 is 0 Å². The molecule has 0 aliphatic heterocycles. The van der Waals surface area contributed by atoms with Gasteiger partial charge in [0, 0.05) is 24.8 Å². The molecule has 0 atom stereocenters. The summed E-state index contributed by atoms with van der Waals surface area (Å²) in [6.07, 6.45) is 4.44. The Bertz CT molecular complexity index is 551. The van der Waals surface area contributed by atoms with Gasteiger partial charge in [0.05, 0.1) is 4.92 Å². The Kier molecular flexibility index (Phi) is 4.45. The molecule has 0 amide bonds. The molecule has 1 aliphatic rings. The molecule has 1 fully saturated rings. The zero-order chi connectivity index (χ0) is 15.6. The molecule has 0 radical (unpaired) electrons. The Morgan fingerprint density at radius 2 is 1.95 bits per heavy atom. The van der Waals surface area contributed by atoms with Gasteiger partial charge in [-0.1, -0.05) is 6.92 Å². The minimum atomic E-state index is -1.28. The Morgan fingerprint density at radius 1 is 1.33 bits per heavy atom. The molecule has 21 heavy (non-hydrogen) atoms. The SMILES string of the molecule is CC1CCC(N(C)c2ccc(C(=O)O)c([N+](=O)[O-])c2)CC1. The first-order valence-electron chi connectivity index (χ1n) is 7.14. The zero-order valence-electron chi connectivity index (χ0n) is 12.3. The Balaban J connectivity index is 2.25. The lowest BCUT2D eigenvalue weighted by molar-refractivity contribution is -0.385. The number of carboxylic acids is 1. The third-order valence-electron chi connectivity index (χ3n) is 4.35. The number of benzene rings is 1. The lowest BCUT2D eigenvalue weighted by Crippen LogP contribution is -2.34. The number of nitrogens with zero attached hydrogens (tertiary/aromatic N) is 2. The highest BCUT2D eigenvalue weighted by Gasteiger charge is 2.25. The maximum atomic E-state index is 11.0. The summed E-state index contributed by atoms with van der Waals surface area (Å²) in [6.45, 7) is 2.24. The molecule has 6 nitrogen and oxygen atoms in total. The molecule has 0 heterocycles. The number of carboxylic acid groups (broad SMARTS) is 1. The first-order valence-corrected chi connectivity index (χ1v) is 7.14. The van der Waals surface area contributed by atoms with Crippen LogP contribution in [0, 0.1) is 16.0 Å². The Labute approximate surface area is 123 Å². The highest BCUT2D eigenvalue weighted by atomic mass is 16.6. The third-order valence-corrected chi connectivity index (χ3v) is 4.35. The van der Waals surface area contributed by atoms with E-state index in [1.165, 1.54) is 12.1 Å². The molecule has 0 spiro atoms. The summed E-state index contributed by atoms with van der Waals surface area (Å²) in [4.78, 5) is 23.5. The Hall–Kier alpha value is -2.11. The van der Waals surface area contributed by atoms with Gasteiger partial charge in [0.1, 0.15) is 5.56 Å². The van der Waals surface area contributed by atoms with Crippen molar-refractivity contribution in [1.82, 2.24) is 0 Å². The van der Waals surface area contributed by atoms with E-state index in [9.17, 15) is 14.9 Å². The van der Waals surface area contributed by atoms with E-state index < -0.39 is 10.9 Å². The van der Waals surface area contributed by atoms with E-state index in [2.05, 4.69) is 6.92 Å². The van der Waals surface area contributed by atoms with Gasteiger partial charge >= 0.3 is 5.97 Å². The molecule has 114 valence electrons. The van der Waals surface area contributed by atoms with Crippen LogP contribution < -0.4 is 4.90 Å². The van der Waals surface area contributed by atoms with Crippen molar-refractivity contribution in [3.05, 3.63) is 33.9 Å². The summed E-state index contributed by atoms with van der Waals surface area (Å²) >= 11 is 0. The molecule has 1 aromatic carbocycles. The standard InChI is InChI=1S/C15H20N2O4/c1-10-3-5-11(6-4-10)16(2)12-7-8-13(15(18)19)14(9-12)17(20)21/h7-11H,3-6H2,1-2H3,(H,18,19). The molecule has 0 bridgehead atoms. The van der Waals surface area contributed by atoms with Crippen LogP contribution in [0.1, 0.15) is 43.0 Å². The fourth-order valence-electron chi connectivity index (χ4n) is 2.91. The van der Waals surface area contributed by atoms with Crippen LogP contribution in [0.2, 0.25) is 0 Å². The van der Waals surface area contributed by atoms with Crippen molar-refractivity contribution in [2.75, 3.05) is 11.9 Å². The number of hydrogen-bond donors (Lipinski definition) is 1. The topological polar surface area (TPSA) is 83.7 Å². The van der Waals surface area contributed by atoms with Crippen LogP contribution >= 0.6 is 0 Å². The van der Waals surface area contributed by atoms with Gasteiger partial charge in [-0.25, -0.2) is 4.79 Å². The molecule has 2 rings (SSSR count). The van der Waals surface area contributed by atoms with Crippen molar-refractivity contribution in [3.63, 3.8) is 0 Å². The maximum absolute atomic E-state index is 11.0. The Morgan fingerprint density at radius 3 is 2.48 bits per heavy atom. The van der Waals surface area contributed by atoms with Gasteiger partial charge in [0.15, 0.2) is 0 Å². The van der Waals surface area contributed by atoms with Crippen LogP contribution in [-0.4, -0.2) is 29.1 Å². The van der Waals surface area contributed by atoms with E-state index in [4.69, 9.17) is 5.11 Å². The predicted octanol–water partition coefficient (Wildman–Crippen LogP) is 3.31. The number of anilines is 1. The summed E-state index contributed by atoms with van der Waals surface area (Å²) in [5.41, 5.74) is 0.0803. The average molecular weight is 292 g/mol. The lowest BCUT2D eigenvalue weighted by Gasteiger charge is -2.35. The van der Waals surface area contributed by atoms with Gasteiger partial charge in [-0.15, -0.1) is 0 Å². The minimum Gasteiger partial charge on any atom is -0.477 e. The van der Waals surface area contributed by atoms with Crippen molar-refractivity contribution in [1.29, 1.82) is 0 Å². The van der Waals surface area contributed by atoms with Crippen molar-refractivity contribution in [2.24, 2.45) is 5.92 Å². The fraction of sp³-hybridized carbons (Fsp3) is 0.533. The van der Waals surface area contributed by atoms with Crippen LogP contribution in [0.3, 0.4) is 0 Å². The number of rotatable bonds is 4. The van der Waals surface area contributed by atoms with E-state index in [0.29, 0.717) is 11.7 Å². The monoisotopic (exact) mass is 292 g/mol. The molecule has 1 saturated carbocycles. The van der Waals surface area contributed by atoms with Crippen LogP contribution in [0.4, 0.5) is 11.4 Å². The first-order chi connectivity index (χ1) is 9.90. The predicted molar refractivity (Wildman–Crippen MR) is 79.9 cm³/mol. The van der Waals surface area contributed by atoms with Crippen molar-refractivity contribution in [3.8, 4) is 0 Å². The number of hydrogen-bond acceptors (Lipinski definition) is 4. The highest BCUT2D eigenvalue weighted by Crippen LogP contribution is 2.31. The van der Waals surface area contributed by atoms with Crippen molar-refractivity contribution >= 4 is 17.3 Å². The van der Waals surface area contributed by atoms with Crippen LogP contribution in [0.15, 0.2) is 18.2 Å². The van der Waals surface area contributed by atoms with E-state index in [-0.39, 0.29) is 11.3 Å². The number of nitro benzene ring substituents is 1. The molecule has 1 aromatic rings. The summed E-state index contributed by atoms with van der Waals surface area (Å²) in [7, 11) is 1.92. The first kappa shape index (κ1) is 15.3. The molecule has 0 aromatic heterocycles. The largest absolute Gasteiger partial charge is 0.477 e. The molecule has 1 aliphatic carbocycles. The summed E-state index contributed by atoms with van der Waals surface area (Å²) in [6, 6.07) is 4.68. The van der Waals surface area contributed by atoms with Crippen LogP contribution in [0.25, 0.3) is 0 Å². The van der Waals surface area contributed by atoms with E-state index in [1.807, 2.05) is 11.9 Å². The highest BCUT2D eigenvalue weighted by molar-refractivity contribution is 5.93. The molecular weight excluding hydrogens is 272 g/mol. The molecule has 1 N–H and O–H groups in total. The maximum Gasteiger partial charge on any atom is 0.342 e. The number of nitro groups is 1. The molecule has 6 heteroatoms. The zero-order valence-corrected chi connectivity index (χ0v) is 12.3. The van der Waals surface area contributed by atoms with Gasteiger partial charge in [-0.05, 0) is 43.7 Å². The third kappa shape index (κ3) is 3.32. The van der Waals surface area contributed by atoms with Gasteiger partial charge < -0.3 is 10.0 Å². The van der Waals surface area contributed by atoms with Gasteiger partial charge in [-0.3, -0.25) is 10.1 Å². The second kappa shape index (κ2) is 6.11. The normalized spacial score (nSPS) is 21.8. The van der Waals surface area contributed by atoms with Crippen molar-refractivity contribution < 1.29 is 14.8 Å². The fourth-order valence-corrected chi connectivity index (χ4v) is 2.91.